The lowest BCUT2D eigenvalue weighted by Crippen LogP contribution is -2.03. The predicted molar refractivity (Wildman–Crippen MR) is 64.6 cm³/mol. The normalized spacial score (nSPS) is 10.7. The first-order valence-electron chi connectivity index (χ1n) is 4.99. The summed E-state index contributed by atoms with van der Waals surface area (Å²) in [7, 11) is 1.72. The van der Waals surface area contributed by atoms with Crippen molar-refractivity contribution in [3.05, 3.63) is 24.3 Å². The van der Waals surface area contributed by atoms with Gasteiger partial charge in [0.05, 0.1) is 5.52 Å². The van der Waals surface area contributed by atoms with Crippen LogP contribution < -0.4 is 5.32 Å². The average molecular weight is 222 g/mol. The third kappa shape index (κ3) is 2.46. The highest BCUT2D eigenvalue weighted by Gasteiger charge is 2.03. The molecule has 0 unspecified atom stereocenters. The highest BCUT2D eigenvalue weighted by Crippen LogP contribution is 2.26. The molecule has 0 atom stereocenters. The van der Waals surface area contributed by atoms with E-state index < -0.39 is 0 Å². The Labute approximate surface area is 93.2 Å². The molecule has 0 radical (unpaired) electrons. The molecule has 3 nitrogen and oxygen atoms in total. The van der Waals surface area contributed by atoms with Crippen molar-refractivity contribution in [1.82, 2.24) is 4.37 Å². The van der Waals surface area contributed by atoms with Crippen molar-refractivity contribution in [3.63, 3.8) is 0 Å². The number of nitrogens with zero attached hydrogens (tertiary/aromatic N) is 1. The number of fused-ring (bicyclic) bond motifs is 1. The van der Waals surface area contributed by atoms with Gasteiger partial charge in [-0.25, -0.2) is 0 Å². The molecule has 2 aromatic rings. The minimum Gasteiger partial charge on any atom is -0.385 e. The molecule has 0 aliphatic rings. The van der Waals surface area contributed by atoms with E-state index >= 15 is 0 Å². The molecule has 0 bridgehead atoms. The van der Waals surface area contributed by atoms with Crippen molar-refractivity contribution < 1.29 is 4.74 Å². The zero-order chi connectivity index (χ0) is 10.5. The maximum atomic E-state index is 5.00. The van der Waals surface area contributed by atoms with Crippen LogP contribution in [0.2, 0.25) is 0 Å². The highest BCUT2D eigenvalue weighted by atomic mass is 32.1. The Balaban J connectivity index is 2.02. The van der Waals surface area contributed by atoms with E-state index in [9.17, 15) is 0 Å². The van der Waals surface area contributed by atoms with Gasteiger partial charge in [0, 0.05) is 25.6 Å². The Morgan fingerprint density at radius 3 is 3.13 bits per heavy atom. The maximum absolute atomic E-state index is 5.00. The van der Waals surface area contributed by atoms with Crippen LogP contribution in [0.5, 0.6) is 0 Å². The number of nitrogens with one attached hydrogen (secondary N) is 1. The Morgan fingerprint density at radius 2 is 2.27 bits per heavy atom. The SMILES string of the molecule is COCCCNc1snc2ccccc12. The Bertz CT molecular complexity index is 427. The van der Waals surface area contributed by atoms with Gasteiger partial charge in [-0.15, -0.1) is 0 Å². The lowest BCUT2D eigenvalue weighted by atomic mass is 10.2. The molecule has 4 heteroatoms. The fourth-order valence-electron chi connectivity index (χ4n) is 1.44. The number of benzene rings is 1. The van der Waals surface area contributed by atoms with Gasteiger partial charge < -0.3 is 10.1 Å². The van der Waals surface area contributed by atoms with Crippen molar-refractivity contribution in [2.75, 3.05) is 25.6 Å². The molecule has 15 heavy (non-hydrogen) atoms. The summed E-state index contributed by atoms with van der Waals surface area (Å²) in [5, 5.41) is 5.74. The van der Waals surface area contributed by atoms with E-state index in [-0.39, 0.29) is 0 Å². The third-order valence-electron chi connectivity index (χ3n) is 2.19. The molecule has 0 fully saturated rings. The second kappa shape index (κ2) is 5.09. The van der Waals surface area contributed by atoms with Crippen LogP contribution in [0.1, 0.15) is 6.42 Å². The minimum atomic E-state index is 0.795. The molecule has 1 aromatic carbocycles. The van der Waals surface area contributed by atoms with Gasteiger partial charge in [0.2, 0.25) is 0 Å². The average Bonchev–Trinajstić information content (AvgIpc) is 2.68. The van der Waals surface area contributed by atoms with Gasteiger partial charge in [0.25, 0.3) is 0 Å². The van der Waals surface area contributed by atoms with Crippen molar-refractivity contribution in [2.24, 2.45) is 0 Å². The molecule has 1 heterocycles. The van der Waals surface area contributed by atoms with E-state index in [1.54, 1.807) is 7.11 Å². The van der Waals surface area contributed by atoms with Crippen molar-refractivity contribution in [1.29, 1.82) is 0 Å². The molecule has 1 N–H and O–H groups in total. The van der Waals surface area contributed by atoms with Crippen LogP contribution in [-0.2, 0) is 4.74 Å². The van der Waals surface area contributed by atoms with E-state index in [1.165, 1.54) is 16.9 Å². The first kappa shape index (κ1) is 10.4. The molecule has 0 saturated carbocycles. The van der Waals surface area contributed by atoms with Crippen molar-refractivity contribution in [3.8, 4) is 0 Å². The first-order valence-corrected chi connectivity index (χ1v) is 5.76. The van der Waals surface area contributed by atoms with Crippen molar-refractivity contribution in [2.45, 2.75) is 6.42 Å². The van der Waals surface area contributed by atoms with Crippen LogP contribution in [0.15, 0.2) is 24.3 Å². The van der Waals surface area contributed by atoms with E-state index in [0.29, 0.717) is 0 Å². The van der Waals surface area contributed by atoms with Crippen molar-refractivity contribution >= 4 is 27.4 Å². The van der Waals surface area contributed by atoms with Crippen LogP contribution in [0.25, 0.3) is 10.9 Å². The number of hydrogen-bond acceptors (Lipinski definition) is 4. The van der Waals surface area contributed by atoms with Crippen LogP contribution in [0.3, 0.4) is 0 Å². The topological polar surface area (TPSA) is 34.1 Å². The summed E-state index contributed by atoms with van der Waals surface area (Å²) in [6.45, 7) is 1.73. The largest absolute Gasteiger partial charge is 0.385 e. The first-order chi connectivity index (χ1) is 7.42. The van der Waals surface area contributed by atoms with Gasteiger partial charge in [-0.2, -0.15) is 4.37 Å². The van der Waals surface area contributed by atoms with Crippen LogP contribution in [0, 0.1) is 0 Å². The maximum Gasteiger partial charge on any atom is 0.117 e. The molecule has 0 spiro atoms. The lowest BCUT2D eigenvalue weighted by Gasteiger charge is -2.02. The number of methoxy groups -OCH3 is 1. The standard InChI is InChI=1S/C11H14N2OS/c1-14-8-4-7-12-11-9-5-2-3-6-10(9)13-15-11/h2-3,5-6,12H,4,7-8H2,1H3. The van der Waals surface area contributed by atoms with E-state index in [2.05, 4.69) is 15.8 Å². The summed E-state index contributed by atoms with van der Waals surface area (Å²) in [4.78, 5) is 0. The number of aromatic nitrogens is 1. The fourth-order valence-corrected chi connectivity index (χ4v) is 2.22. The van der Waals surface area contributed by atoms with E-state index in [1.807, 2.05) is 18.2 Å². The van der Waals surface area contributed by atoms with Gasteiger partial charge in [-0.1, -0.05) is 12.1 Å². The molecule has 80 valence electrons. The molecule has 0 amide bonds. The van der Waals surface area contributed by atoms with Gasteiger partial charge in [0.15, 0.2) is 0 Å². The van der Waals surface area contributed by atoms with Crippen LogP contribution in [-0.4, -0.2) is 24.6 Å². The molecule has 0 aliphatic heterocycles. The van der Waals surface area contributed by atoms with E-state index in [0.717, 1.165) is 30.1 Å². The second-order valence-corrected chi connectivity index (χ2v) is 4.08. The number of ether oxygens (including phenoxy) is 1. The second-order valence-electron chi connectivity index (χ2n) is 3.30. The highest BCUT2D eigenvalue weighted by molar-refractivity contribution is 7.11. The Hall–Kier alpha value is -1.13. The van der Waals surface area contributed by atoms with Gasteiger partial charge >= 0.3 is 0 Å². The van der Waals surface area contributed by atoms with Gasteiger partial charge in [-0.3, -0.25) is 0 Å². The zero-order valence-electron chi connectivity index (χ0n) is 8.69. The summed E-state index contributed by atoms with van der Waals surface area (Å²) >= 11 is 1.52. The van der Waals surface area contributed by atoms with Gasteiger partial charge in [-0.05, 0) is 30.1 Å². The number of hydrogen-bond donors (Lipinski definition) is 1. The van der Waals surface area contributed by atoms with Crippen LogP contribution >= 0.6 is 11.5 Å². The summed E-state index contributed by atoms with van der Waals surface area (Å²) in [6.07, 6.45) is 1.02. The Morgan fingerprint density at radius 1 is 1.40 bits per heavy atom. The summed E-state index contributed by atoms with van der Waals surface area (Å²) < 4.78 is 9.36. The third-order valence-corrected chi connectivity index (χ3v) is 3.03. The smallest absolute Gasteiger partial charge is 0.117 e. The Kier molecular flexibility index (Phi) is 3.53. The molecule has 0 aliphatic carbocycles. The minimum absolute atomic E-state index is 0.795. The zero-order valence-corrected chi connectivity index (χ0v) is 9.51. The summed E-state index contributed by atoms with van der Waals surface area (Å²) in [5.74, 6) is 0. The molecule has 1 aromatic heterocycles. The molecule has 2 rings (SSSR count). The quantitative estimate of drug-likeness (QED) is 0.790. The van der Waals surface area contributed by atoms with Gasteiger partial charge in [0.1, 0.15) is 5.00 Å². The number of rotatable bonds is 5. The summed E-state index contributed by atoms with van der Waals surface area (Å²) in [6, 6.07) is 8.18. The summed E-state index contributed by atoms with van der Waals surface area (Å²) in [5.41, 5.74) is 1.07. The van der Waals surface area contributed by atoms with Crippen LogP contribution in [0.4, 0.5) is 5.00 Å². The predicted octanol–water partition coefficient (Wildman–Crippen LogP) is 2.74. The molecular weight excluding hydrogens is 208 g/mol. The monoisotopic (exact) mass is 222 g/mol. The number of anilines is 1. The molecule has 0 saturated heterocycles. The van der Waals surface area contributed by atoms with E-state index in [4.69, 9.17) is 4.74 Å². The molecular formula is C11H14N2OS. The lowest BCUT2D eigenvalue weighted by molar-refractivity contribution is 0.198. The fraction of sp³-hybridized carbons (Fsp3) is 0.364.